The Morgan fingerprint density at radius 2 is 2.36 bits per heavy atom. The molecule has 5 heteroatoms. The molecular formula is C9H10N2O3. The van der Waals surface area contributed by atoms with Gasteiger partial charge in [0.1, 0.15) is 30.7 Å². The number of methoxy groups -OCH3 is 1. The smallest absolute Gasteiger partial charge is 0.227 e. The molecule has 2 rings (SSSR count). The predicted molar refractivity (Wildman–Crippen MR) is 49.8 cm³/mol. The molecule has 0 spiro atoms. The number of rotatable bonds is 2. The fourth-order valence-corrected chi connectivity index (χ4v) is 1.36. The second-order valence-electron chi connectivity index (χ2n) is 2.70. The van der Waals surface area contributed by atoms with Gasteiger partial charge < -0.3 is 14.3 Å². The van der Waals surface area contributed by atoms with E-state index in [1.54, 1.807) is 19.4 Å². The summed E-state index contributed by atoms with van der Waals surface area (Å²) in [5.41, 5.74) is 1.48. The van der Waals surface area contributed by atoms with Crippen molar-refractivity contribution in [3.05, 3.63) is 17.8 Å². The molecule has 0 atom stereocenters. The van der Waals surface area contributed by atoms with Crippen molar-refractivity contribution in [3.63, 3.8) is 0 Å². The van der Waals surface area contributed by atoms with Gasteiger partial charge in [-0.25, -0.2) is 4.98 Å². The monoisotopic (exact) mass is 194 g/mol. The Bertz CT molecular complexity index is 376. The molecule has 0 fully saturated rings. The van der Waals surface area contributed by atoms with Crippen LogP contribution in [0.3, 0.4) is 0 Å². The minimum atomic E-state index is 0.372. The van der Waals surface area contributed by atoms with Crippen molar-refractivity contribution in [2.24, 2.45) is 5.16 Å². The van der Waals surface area contributed by atoms with Crippen molar-refractivity contribution in [3.8, 4) is 11.6 Å². The molecule has 1 aliphatic rings. The summed E-state index contributed by atoms with van der Waals surface area (Å²) in [6.45, 7) is 0.372. The third-order valence-corrected chi connectivity index (χ3v) is 1.93. The summed E-state index contributed by atoms with van der Waals surface area (Å²) in [4.78, 5) is 8.77. The van der Waals surface area contributed by atoms with Crippen LogP contribution in [0.15, 0.2) is 17.4 Å². The minimum absolute atomic E-state index is 0.372. The lowest BCUT2D eigenvalue weighted by Crippen LogP contribution is -2.04. The standard InChI is InChI=1S/C9H10N2O3/c1-12-7-3-4-10-9-8(7)6(5-14-9)11-13-2/h3-4H,5H2,1-2H3. The summed E-state index contributed by atoms with van der Waals surface area (Å²) >= 11 is 0. The molecule has 0 unspecified atom stereocenters. The number of aromatic nitrogens is 1. The van der Waals surface area contributed by atoms with Crippen LogP contribution in [0.4, 0.5) is 0 Å². The minimum Gasteiger partial charge on any atom is -0.496 e. The average Bonchev–Trinajstić information content (AvgIpc) is 2.62. The van der Waals surface area contributed by atoms with Crippen LogP contribution in [0.5, 0.6) is 11.6 Å². The van der Waals surface area contributed by atoms with Gasteiger partial charge in [0.2, 0.25) is 5.88 Å². The first-order valence-electron chi connectivity index (χ1n) is 4.13. The van der Waals surface area contributed by atoms with Gasteiger partial charge in [-0.05, 0) is 6.07 Å². The molecule has 0 N–H and O–H groups in total. The van der Waals surface area contributed by atoms with Crippen LogP contribution in [0, 0.1) is 0 Å². The Morgan fingerprint density at radius 1 is 1.50 bits per heavy atom. The highest BCUT2D eigenvalue weighted by atomic mass is 16.6. The molecule has 0 radical (unpaired) electrons. The van der Waals surface area contributed by atoms with Gasteiger partial charge in [-0.15, -0.1) is 0 Å². The Kier molecular flexibility index (Phi) is 2.22. The highest BCUT2D eigenvalue weighted by Gasteiger charge is 2.25. The normalized spacial score (nSPS) is 16.3. The number of hydrogen-bond acceptors (Lipinski definition) is 5. The Balaban J connectivity index is 2.51. The van der Waals surface area contributed by atoms with Gasteiger partial charge in [0, 0.05) is 6.20 Å². The van der Waals surface area contributed by atoms with Gasteiger partial charge in [0.05, 0.1) is 7.11 Å². The zero-order chi connectivity index (χ0) is 9.97. The zero-order valence-electron chi connectivity index (χ0n) is 7.98. The number of nitrogens with zero attached hydrogens (tertiary/aromatic N) is 2. The molecule has 0 aliphatic carbocycles. The molecule has 0 saturated carbocycles. The Morgan fingerprint density at radius 3 is 3.07 bits per heavy atom. The van der Waals surface area contributed by atoms with E-state index in [9.17, 15) is 0 Å². The second kappa shape index (κ2) is 3.53. The third kappa shape index (κ3) is 1.26. The van der Waals surface area contributed by atoms with Crippen molar-refractivity contribution in [2.75, 3.05) is 20.8 Å². The van der Waals surface area contributed by atoms with Gasteiger partial charge in [0.25, 0.3) is 0 Å². The van der Waals surface area contributed by atoms with Crippen molar-refractivity contribution < 1.29 is 14.3 Å². The molecule has 1 aromatic rings. The molecule has 14 heavy (non-hydrogen) atoms. The summed E-state index contributed by atoms with van der Waals surface area (Å²) < 4.78 is 10.5. The molecule has 0 amide bonds. The maximum atomic E-state index is 5.30. The van der Waals surface area contributed by atoms with Crippen LogP contribution in [0.2, 0.25) is 0 Å². The number of oxime groups is 1. The fourth-order valence-electron chi connectivity index (χ4n) is 1.36. The van der Waals surface area contributed by atoms with Crippen molar-refractivity contribution in [1.29, 1.82) is 0 Å². The molecule has 1 aliphatic heterocycles. The summed E-state index contributed by atoms with van der Waals surface area (Å²) in [6, 6.07) is 1.76. The summed E-state index contributed by atoms with van der Waals surface area (Å²) in [5, 5.41) is 3.85. The van der Waals surface area contributed by atoms with Gasteiger partial charge >= 0.3 is 0 Å². The van der Waals surface area contributed by atoms with Crippen LogP contribution >= 0.6 is 0 Å². The first-order valence-corrected chi connectivity index (χ1v) is 4.13. The van der Waals surface area contributed by atoms with Crippen LogP contribution in [0.25, 0.3) is 0 Å². The summed E-state index contributed by atoms with van der Waals surface area (Å²) in [7, 11) is 3.09. The van der Waals surface area contributed by atoms with E-state index in [1.807, 2.05) is 0 Å². The maximum Gasteiger partial charge on any atom is 0.227 e. The number of ether oxygens (including phenoxy) is 2. The van der Waals surface area contributed by atoms with Crippen LogP contribution in [-0.4, -0.2) is 31.5 Å². The molecule has 0 bridgehead atoms. The largest absolute Gasteiger partial charge is 0.496 e. The van der Waals surface area contributed by atoms with E-state index in [1.165, 1.54) is 7.11 Å². The zero-order valence-corrected chi connectivity index (χ0v) is 7.98. The van der Waals surface area contributed by atoms with Crippen LogP contribution < -0.4 is 9.47 Å². The predicted octanol–water partition coefficient (Wildman–Crippen LogP) is 0.833. The van der Waals surface area contributed by atoms with Crippen molar-refractivity contribution in [2.45, 2.75) is 0 Å². The van der Waals surface area contributed by atoms with E-state index >= 15 is 0 Å². The van der Waals surface area contributed by atoms with Gasteiger partial charge in [-0.3, -0.25) is 0 Å². The van der Waals surface area contributed by atoms with E-state index in [0.717, 1.165) is 5.56 Å². The first kappa shape index (κ1) is 8.80. The van der Waals surface area contributed by atoms with Gasteiger partial charge in [-0.1, -0.05) is 5.16 Å². The van der Waals surface area contributed by atoms with Gasteiger partial charge in [-0.2, -0.15) is 0 Å². The maximum absolute atomic E-state index is 5.30. The first-order chi connectivity index (χ1) is 6.86. The van der Waals surface area contributed by atoms with E-state index in [-0.39, 0.29) is 0 Å². The highest BCUT2D eigenvalue weighted by molar-refractivity contribution is 6.07. The quantitative estimate of drug-likeness (QED) is 0.654. The Labute approximate surface area is 81.3 Å². The van der Waals surface area contributed by atoms with E-state index in [4.69, 9.17) is 14.3 Å². The lowest BCUT2D eigenvalue weighted by atomic mass is 10.2. The van der Waals surface area contributed by atoms with Crippen LogP contribution in [-0.2, 0) is 4.84 Å². The number of pyridine rings is 1. The van der Waals surface area contributed by atoms with E-state index < -0.39 is 0 Å². The van der Waals surface area contributed by atoms with Crippen molar-refractivity contribution in [1.82, 2.24) is 4.98 Å². The lowest BCUT2D eigenvalue weighted by Gasteiger charge is -2.03. The summed E-state index contributed by atoms with van der Waals surface area (Å²) in [6.07, 6.45) is 1.63. The second-order valence-corrected chi connectivity index (χ2v) is 2.70. The fraction of sp³-hybridized carbons (Fsp3) is 0.333. The highest BCUT2D eigenvalue weighted by Crippen LogP contribution is 2.31. The molecule has 2 heterocycles. The van der Waals surface area contributed by atoms with Crippen LogP contribution in [0.1, 0.15) is 5.56 Å². The average molecular weight is 194 g/mol. The number of hydrogen-bond donors (Lipinski definition) is 0. The molecular weight excluding hydrogens is 184 g/mol. The molecule has 74 valence electrons. The topological polar surface area (TPSA) is 52.9 Å². The third-order valence-electron chi connectivity index (χ3n) is 1.93. The van der Waals surface area contributed by atoms with Crippen molar-refractivity contribution >= 4 is 5.71 Å². The van der Waals surface area contributed by atoms with Gasteiger partial charge in [0.15, 0.2) is 0 Å². The molecule has 5 nitrogen and oxygen atoms in total. The molecule has 0 saturated heterocycles. The SMILES string of the molecule is CON=C1COc2nccc(OC)c21. The summed E-state index contributed by atoms with van der Waals surface area (Å²) in [5.74, 6) is 1.24. The molecule has 1 aromatic heterocycles. The van der Waals surface area contributed by atoms with E-state index in [0.29, 0.717) is 23.9 Å². The Hall–Kier alpha value is -1.78. The molecule has 0 aromatic carbocycles. The number of fused-ring (bicyclic) bond motifs is 1. The van der Waals surface area contributed by atoms with E-state index in [2.05, 4.69) is 10.1 Å². The lowest BCUT2D eigenvalue weighted by molar-refractivity contribution is 0.211.